The summed E-state index contributed by atoms with van der Waals surface area (Å²) in [6.07, 6.45) is 2.90. The first kappa shape index (κ1) is 26.4. The van der Waals surface area contributed by atoms with E-state index in [1.807, 2.05) is 6.92 Å². The van der Waals surface area contributed by atoms with Gasteiger partial charge in [0.1, 0.15) is 6.54 Å². The maximum atomic E-state index is 13.6. The summed E-state index contributed by atoms with van der Waals surface area (Å²) in [5.41, 5.74) is -0.434. The molecule has 6 nitrogen and oxygen atoms in total. The molecule has 1 aromatic rings. The molecule has 0 bridgehead atoms. The van der Waals surface area contributed by atoms with Gasteiger partial charge in [-0.1, -0.05) is 13.3 Å². The van der Waals surface area contributed by atoms with E-state index in [0.717, 1.165) is 38.0 Å². The minimum absolute atomic E-state index is 0. The molecule has 1 aromatic carbocycles. The molecule has 0 aliphatic rings. The average molecular weight is 516 g/mol. The lowest BCUT2D eigenvalue weighted by Crippen LogP contribution is -2.38. The van der Waals surface area contributed by atoms with Crippen molar-refractivity contribution in [1.29, 1.82) is 0 Å². The van der Waals surface area contributed by atoms with Crippen molar-refractivity contribution in [2.75, 3.05) is 38.2 Å². The number of halogens is 4. The molecule has 0 fully saturated rings. The molecule has 1 amide bonds. The summed E-state index contributed by atoms with van der Waals surface area (Å²) >= 11 is 0. The molecule has 0 aliphatic carbocycles. The Morgan fingerprint density at radius 1 is 1.07 bits per heavy atom. The third-order valence-corrected chi connectivity index (χ3v) is 3.43. The number of nitrogens with zero attached hydrogens (tertiary/aromatic N) is 1. The first-order valence-corrected chi connectivity index (χ1v) is 9.02. The molecule has 3 N–H and O–H groups in total. The summed E-state index contributed by atoms with van der Waals surface area (Å²) in [4.78, 5) is 15.9. The monoisotopic (exact) mass is 516 g/mol. The molecule has 0 aliphatic heterocycles. The number of nitrogens with one attached hydrogen (secondary N) is 3. The molecule has 1 rings (SSSR count). The summed E-state index contributed by atoms with van der Waals surface area (Å²) in [6.45, 7) is 6.24. The lowest BCUT2D eigenvalue weighted by Gasteiger charge is -2.11. The predicted octanol–water partition coefficient (Wildman–Crippen LogP) is 3.42. The Kier molecular flexibility index (Phi) is 14.5. The SMILES string of the molecule is CCCCOCCCNC(=NCC(=O)Nc1ccc(F)c(F)c1F)NCC.I. The van der Waals surface area contributed by atoms with E-state index in [1.165, 1.54) is 0 Å². The van der Waals surface area contributed by atoms with Gasteiger partial charge < -0.3 is 20.7 Å². The van der Waals surface area contributed by atoms with Crippen LogP contribution in [0.25, 0.3) is 0 Å². The minimum atomic E-state index is -1.63. The van der Waals surface area contributed by atoms with Gasteiger partial charge in [0.25, 0.3) is 0 Å². The smallest absolute Gasteiger partial charge is 0.246 e. The molecule has 160 valence electrons. The fraction of sp³-hybridized carbons (Fsp3) is 0.556. The Labute approximate surface area is 180 Å². The fourth-order valence-electron chi connectivity index (χ4n) is 2.03. The van der Waals surface area contributed by atoms with E-state index >= 15 is 0 Å². The zero-order valence-corrected chi connectivity index (χ0v) is 18.4. The summed E-state index contributed by atoms with van der Waals surface area (Å²) < 4.78 is 45.1. The molecule has 0 heterocycles. The number of unbranched alkanes of at least 4 members (excludes halogenated alkanes) is 1. The molecular formula is C18H28F3IN4O2. The van der Waals surface area contributed by atoms with Gasteiger partial charge in [0, 0.05) is 26.3 Å². The quantitative estimate of drug-likeness (QED) is 0.139. The first-order valence-electron chi connectivity index (χ1n) is 9.02. The molecule has 28 heavy (non-hydrogen) atoms. The van der Waals surface area contributed by atoms with E-state index in [4.69, 9.17) is 4.74 Å². The normalized spacial score (nSPS) is 11.0. The second kappa shape index (κ2) is 15.4. The van der Waals surface area contributed by atoms with Crippen molar-refractivity contribution in [2.45, 2.75) is 33.1 Å². The first-order chi connectivity index (χ1) is 13.0. The van der Waals surface area contributed by atoms with E-state index in [0.29, 0.717) is 25.7 Å². The largest absolute Gasteiger partial charge is 0.381 e. The predicted molar refractivity (Wildman–Crippen MR) is 115 cm³/mol. The number of aliphatic imine (C=N–C) groups is 1. The van der Waals surface area contributed by atoms with Gasteiger partial charge in [0.05, 0.1) is 5.69 Å². The molecule has 0 saturated heterocycles. The van der Waals surface area contributed by atoms with E-state index in [-0.39, 0.29) is 30.5 Å². The Bertz CT molecular complexity index is 633. The van der Waals surface area contributed by atoms with Crippen molar-refractivity contribution in [2.24, 2.45) is 4.99 Å². The highest BCUT2D eigenvalue weighted by molar-refractivity contribution is 14.0. The zero-order chi connectivity index (χ0) is 20.1. The summed E-state index contributed by atoms with van der Waals surface area (Å²) in [7, 11) is 0. The third kappa shape index (κ3) is 10.1. The lowest BCUT2D eigenvalue weighted by molar-refractivity contribution is -0.114. The van der Waals surface area contributed by atoms with Gasteiger partial charge in [0.15, 0.2) is 23.4 Å². The molecule has 0 atom stereocenters. The molecule has 0 saturated carbocycles. The second-order valence-corrected chi connectivity index (χ2v) is 5.71. The highest BCUT2D eigenvalue weighted by Gasteiger charge is 2.15. The maximum Gasteiger partial charge on any atom is 0.246 e. The van der Waals surface area contributed by atoms with Crippen molar-refractivity contribution >= 4 is 41.5 Å². The highest BCUT2D eigenvalue weighted by Crippen LogP contribution is 2.19. The van der Waals surface area contributed by atoms with E-state index in [1.54, 1.807) is 0 Å². The molecular weight excluding hydrogens is 488 g/mol. The standard InChI is InChI=1S/C18H27F3N4O2.HI/c1-3-5-10-27-11-6-9-23-18(22-4-2)24-12-15(26)25-14-8-7-13(19)16(20)17(14)21;/h7-8H,3-6,9-12H2,1-2H3,(H,25,26)(H2,22,23,24);1H. The Morgan fingerprint density at radius 3 is 2.46 bits per heavy atom. The second-order valence-electron chi connectivity index (χ2n) is 5.71. The fourth-order valence-corrected chi connectivity index (χ4v) is 2.03. The highest BCUT2D eigenvalue weighted by atomic mass is 127. The number of hydrogen-bond acceptors (Lipinski definition) is 3. The maximum absolute atomic E-state index is 13.6. The van der Waals surface area contributed by atoms with E-state index in [2.05, 4.69) is 27.9 Å². The van der Waals surface area contributed by atoms with E-state index < -0.39 is 29.0 Å². The Morgan fingerprint density at radius 2 is 1.79 bits per heavy atom. The third-order valence-electron chi connectivity index (χ3n) is 3.43. The van der Waals surface area contributed by atoms with Gasteiger partial charge in [-0.2, -0.15) is 0 Å². The van der Waals surface area contributed by atoms with Gasteiger partial charge in [-0.05, 0) is 31.9 Å². The van der Waals surface area contributed by atoms with E-state index in [9.17, 15) is 18.0 Å². The number of amides is 1. The van der Waals surface area contributed by atoms with Gasteiger partial charge in [-0.25, -0.2) is 18.2 Å². The summed E-state index contributed by atoms with van der Waals surface area (Å²) in [5.74, 6) is -4.62. The topological polar surface area (TPSA) is 74.8 Å². The van der Waals surface area contributed by atoms with Gasteiger partial charge in [0.2, 0.25) is 5.91 Å². The number of benzene rings is 1. The number of ether oxygens (including phenoxy) is 1. The van der Waals surface area contributed by atoms with Gasteiger partial charge in [-0.15, -0.1) is 24.0 Å². The van der Waals surface area contributed by atoms with Gasteiger partial charge in [-0.3, -0.25) is 4.79 Å². The number of carbonyl (C=O) groups excluding carboxylic acids is 1. The molecule has 10 heteroatoms. The number of rotatable bonds is 11. The lowest BCUT2D eigenvalue weighted by atomic mass is 10.3. The van der Waals surface area contributed by atoms with Crippen LogP contribution in [0.3, 0.4) is 0 Å². The van der Waals surface area contributed by atoms with Crippen LogP contribution in [0.15, 0.2) is 17.1 Å². The number of carbonyl (C=O) groups is 1. The van der Waals surface area contributed by atoms with Crippen molar-refractivity contribution in [3.05, 3.63) is 29.6 Å². The average Bonchev–Trinajstić information content (AvgIpc) is 2.65. The van der Waals surface area contributed by atoms with Crippen LogP contribution in [0.4, 0.5) is 18.9 Å². The molecule has 0 unspecified atom stereocenters. The van der Waals surface area contributed by atoms with Crippen LogP contribution in [0.5, 0.6) is 0 Å². The van der Waals surface area contributed by atoms with Crippen LogP contribution in [-0.4, -0.2) is 44.7 Å². The molecule has 0 radical (unpaired) electrons. The van der Waals surface area contributed by atoms with Crippen LogP contribution >= 0.6 is 24.0 Å². The van der Waals surface area contributed by atoms with Crippen molar-refractivity contribution in [1.82, 2.24) is 10.6 Å². The molecule has 0 aromatic heterocycles. The number of hydrogen-bond donors (Lipinski definition) is 3. The zero-order valence-electron chi connectivity index (χ0n) is 16.1. The van der Waals surface area contributed by atoms with Crippen molar-refractivity contribution in [3.63, 3.8) is 0 Å². The van der Waals surface area contributed by atoms with Gasteiger partial charge >= 0.3 is 0 Å². The summed E-state index contributed by atoms with van der Waals surface area (Å²) in [5, 5.41) is 8.20. The minimum Gasteiger partial charge on any atom is -0.381 e. The van der Waals surface area contributed by atoms with Crippen LogP contribution < -0.4 is 16.0 Å². The summed E-state index contributed by atoms with van der Waals surface area (Å²) in [6, 6.07) is 1.70. The molecule has 0 spiro atoms. The van der Waals surface area contributed by atoms with Crippen molar-refractivity contribution < 1.29 is 22.7 Å². The Hall–Kier alpha value is -1.56. The van der Waals surface area contributed by atoms with Crippen LogP contribution in [0.1, 0.15) is 33.1 Å². The van der Waals surface area contributed by atoms with Crippen molar-refractivity contribution in [3.8, 4) is 0 Å². The van der Waals surface area contributed by atoms with Crippen LogP contribution in [0.2, 0.25) is 0 Å². The van der Waals surface area contributed by atoms with Crippen LogP contribution in [0, 0.1) is 17.5 Å². The number of guanidine groups is 1. The Balaban J connectivity index is 0.00000729. The van der Waals surface area contributed by atoms with Crippen LogP contribution in [-0.2, 0) is 9.53 Å². The number of anilines is 1.